The van der Waals surface area contributed by atoms with Crippen molar-refractivity contribution in [3.05, 3.63) is 47.9 Å². The van der Waals surface area contributed by atoms with E-state index in [4.69, 9.17) is 0 Å². The van der Waals surface area contributed by atoms with Crippen molar-refractivity contribution < 1.29 is 9.59 Å². The Bertz CT molecular complexity index is 651. The van der Waals surface area contributed by atoms with Gasteiger partial charge in [0.1, 0.15) is 11.5 Å². The molecule has 1 aromatic carbocycles. The topological polar surface area (TPSA) is 84.0 Å². The molecule has 22 heavy (non-hydrogen) atoms. The summed E-state index contributed by atoms with van der Waals surface area (Å²) in [7, 11) is 0. The predicted octanol–water partition coefficient (Wildman–Crippen LogP) is 2.56. The molecular formula is C16H18N4O2. The van der Waals surface area contributed by atoms with Gasteiger partial charge in [-0.1, -0.05) is 6.92 Å². The molecule has 2 N–H and O–H groups in total. The molecule has 0 unspecified atom stereocenters. The van der Waals surface area contributed by atoms with Gasteiger partial charge in [-0.15, -0.1) is 0 Å². The van der Waals surface area contributed by atoms with E-state index in [1.807, 2.05) is 6.92 Å². The minimum absolute atomic E-state index is 0.0220. The third kappa shape index (κ3) is 4.12. The van der Waals surface area contributed by atoms with Crippen LogP contribution in [-0.4, -0.2) is 28.2 Å². The van der Waals surface area contributed by atoms with Crippen LogP contribution in [0, 0.1) is 0 Å². The molecule has 2 aromatic rings. The minimum Gasteiger partial charge on any atom is -0.351 e. The van der Waals surface area contributed by atoms with Crippen LogP contribution in [0.25, 0.3) is 0 Å². The summed E-state index contributed by atoms with van der Waals surface area (Å²) in [6.07, 6.45) is 3.80. The van der Waals surface area contributed by atoms with Crippen LogP contribution < -0.4 is 10.6 Å². The first-order valence-electron chi connectivity index (χ1n) is 7.08. The number of nitrogens with zero attached hydrogens (tertiary/aromatic N) is 2. The number of Topliss-reactive ketones (excluding diaryl/α,β-unsaturated/α-hetero) is 1. The van der Waals surface area contributed by atoms with Gasteiger partial charge in [0.15, 0.2) is 5.78 Å². The van der Waals surface area contributed by atoms with Crippen LogP contribution in [-0.2, 0) is 0 Å². The summed E-state index contributed by atoms with van der Waals surface area (Å²) in [6, 6.07) is 7.07. The highest BCUT2D eigenvalue weighted by Gasteiger charge is 2.07. The van der Waals surface area contributed by atoms with Crippen LogP contribution in [0.1, 0.15) is 41.1 Å². The van der Waals surface area contributed by atoms with Gasteiger partial charge in [0, 0.05) is 17.8 Å². The molecule has 0 saturated carbocycles. The van der Waals surface area contributed by atoms with Crippen LogP contribution in [0.3, 0.4) is 0 Å². The number of rotatable bonds is 6. The molecule has 0 fully saturated rings. The summed E-state index contributed by atoms with van der Waals surface area (Å²) in [5, 5.41) is 5.80. The zero-order chi connectivity index (χ0) is 15.9. The van der Waals surface area contributed by atoms with Crippen LogP contribution in [0.15, 0.2) is 36.7 Å². The molecule has 0 aliphatic heterocycles. The van der Waals surface area contributed by atoms with Gasteiger partial charge in [-0.3, -0.25) is 9.59 Å². The zero-order valence-electron chi connectivity index (χ0n) is 12.6. The third-order valence-corrected chi connectivity index (χ3v) is 2.98. The molecule has 0 radical (unpaired) electrons. The van der Waals surface area contributed by atoms with E-state index in [2.05, 4.69) is 20.6 Å². The smallest absolute Gasteiger partial charge is 0.271 e. The summed E-state index contributed by atoms with van der Waals surface area (Å²) >= 11 is 0. The second kappa shape index (κ2) is 7.31. The molecule has 1 heterocycles. The van der Waals surface area contributed by atoms with Crippen LogP contribution in [0.2, 0.25) is 0 Å². The van der Waals surface area contributed by atoms with Gasteiger partial charge < -0.3 is 10.6 Å². The number of carbonyl (C=O) groups is 2. The number of hydrogen-bond acceptors (Lipinski definition) is 5. The first-order valence-corrected chi connectivity index (χ1v) is 7.08. The van der Waals surface area contributed by atoms with E-state index in [1.165, 1.54) is 19.3 Å². The van der Waals surface area contributed by atoms with Gasteiger partial charge in [-0.2, -0.15) is 0 Å². The molecule has 0 aliphatic carbocycles. The minimum atomic E-state index is -0.230. The Morgan fingerprint density at radius 1 is 1.09 bits per heavy atom. The Kier molecular flexibility index (Phi) is 5.19. The van der Waals surface area contributed by atoms with E-state index in [0.717, 1.165) is 12.1 Å². The van der Waals surface area contributed by atoms with E-state index < -0.39 is 0 Å². The highest BCUT2D eigenvalue weighted by Crippen LogP contribution is 2.15. The maximum atomic E-state index is 11.7. The summed E-state index contributed by atoms with van der Waals surface area (Å²) in [5.74, 6) is 0.322. The predicted molar refractivity (Wildman–Crippen MR) is 84.4 cm³/mol. The molecule has 0 spiro atoms. The lowest BCUT2D eigenvalue weighted by molar-refractivity contribution is 0.0947. The Morgan fingerprint density at radius 2 is 1.82 bits per heavy atom. The lowest BCUT2D eigenvalue weighted by Crippen LogP contribution is -2.25. The fraction of sp³-hybridized carbons (Fsp3) is 0.250. The van der Waals surface area contributed by atoms with Crippen molar-refractivity contribution in [2.75, 3.05) is 11.9 Å². The second-order valence-corrected chi connectivity index (χ2v) is 4.80. The molecular weight excluding hydrogens is 280 g/mol. The number of carbonyl (C=O) groups excluding carboxylic acids is 2. The van der Waals surface area contributed by atoms with Gasteiger partial charge in [-0.05, 0) is 37.6 Å². The fourth-order valence-electron chi connectivity index (χ4n) is 1.78. The molecule has 0 atom stereocenters. The number of benzene rings is 1. The van der Waals surface area contributed by atoms with E-state index >= 15 is 0 Å². The van der Waals surface area contributed by atoms with E-state index in [9.17, 15) is 9.59 Å². The Hall–Kier alpha value is -2.76. The standard InChI is InChI=1S/C16H18N4O2/c1-3-8-17-16(22)14-9-19-15(10-18-14)20-13-6-4-12(5-7-13)11(2)21/h4-7,9-10H,3,8H2,1-2H3,(H,17,22)(H,19,20). The highest BCUT2D eigenvalue weighted by molar-refractivity contribution is 5.94. The van der Waals surface area contributed by atoms with Gasteiger partial charge in [0.2, 0.25) is 0 Å². The van der Waals surface area contributed by atoms with Crippen LogP contribution in [0.4, 0.5) is 11.5 Å². The molecule has 6 heteroatoms. The highest BCUT2D eigenvalue weighted by atomic mass is 16.1. The number of anilines is 2. The lowest BCUT2D eigenvalue weighted by atomic mass is 10.1. The first-order chi connectivity index (χ1) is 10.6. The average molecular weight is 298 g/mol. The number of ketones is 1. The van der Waals surface area contributed by atoms with Gasteiger partial charge in [0.05, 0.1) is 12.4 Å². The molecule has 0 saturated heterocycles. The summed E-state index contributed by atoms with van der Waals surface area (Å²) in [5.41, 5.74) is 1.73. The fourth-order valence-corrected chi connectivity index (χ4v) is 1.78. The molecule has 2 rings (SSSR count). The molecule has 114 valence electrons. The normalized spacial score (nSPS) is 10.1. The van der Waals surface area contributed by atoms with Crippen molar-refractivity contribution in [2.24, 2.45) is 0 Å². The van der Waals surface area contributed by atoms with Gasteiger partial charge >= 0.3 is 0 Å². The van der Waals surface area contributed by atoms with E-state index in [1.54, 1.807) is 24.3 Å². The van der Waals surface area contributed by atoms with Gasteiger partial charge in [0.25, 0.3) is 5.91 Å². The lowest BCUT2D eigenvalue weighted by Gasteiger charge is -2.07. The molecule has 0 bridgehead atoms. The maximum absolute atomic E-state index is 11.7. The van der Waals surface area contributed by atoms with E-state index in [-0.39, 0.29) is 17.4 Å². The molecule has 1 aromatic heterocycles. The zero-order valence-corrected chi connectivity index (χ0v) is 12.6. The number of nitrogens with one attached hydrogen (secondary N) is 2. The Labute approximate surface area is 129 Å². The van der Waals surface area contributed by atoms with Crippen molar-refractivity contribution >= 4 is 23.2 Å². The van der Waals surface area contributed by atoms with E-state index in [0.29, 0.717) is 17.9 Å². The SMILES string of the molecule is CCCNC(=O)c1cnc(Nc2ccc(C(C)=O)cc2)cn1. The van der Waals surface area contributed by atoms with Crippen LogP contribution in [0.5, 0.6) is 0 Å². The van der Waals surface area contributed by atoms with Crippen LogP contribution >= 0.6 is 0 Å². The van der Waals surface area contributed by atoms with Crippen molar-refractivity contribution in [3.8, 4) is 0 Å². The van der Waals surface area contributed by atoms with Crippen molar-refractivity contribution in [1.82, 2.24) is 15.3 Å². The van der Waals surface area contributed by atoms with Gasteiger partial charge in [-0.25, -0.2) is 9.97 Å². The summed E-state index contributed by atoms with van der Waals surface area (Å²) in [6.45, 7) is 4.12. The molecule has 0 aliphatic rings. The summed E-state index contributed by atoms with van der Waals surface area (Å²) in [4.78, 5) is 31.2. The monoisotopic (exact) mass is 298 g/mol. The van der Waals surface area contributed by atoms with Crippen molar-refractivity contribution in [1.29, 1.82) is 0 Å². The first kappa shape index (κ1) is 15.6. The Morgan fingerprint density at radius 3 is 2.36 bits per heavy atom. The number of amides is 1. The quantitative estimate of drug-likeness (QED) is 0.801. The maximum Gasteiger partial charge on any atom is 0.271 e. The Balaban J connectivity index is 2.01. The van der Waals surface area contributed by atoms with Crippen molar-refractivity contribution in [3.63, 3.8) is 0 Å². The average Bonchev–Trinajstić information content (AvgIpc) is 2.54. The molecule has 1 amide bonds. The third-order valence-electron chi connectivity index (χ3n) is 2.98. The number of aromatic nitrogens is 2. The largest absolute Gasteiger partial charge is 0.351 e. The number of hydrogen-bond donors (Lipinski definition) is 2. The molecule has 6 nitrogen and oxygen atoms in total. The second-order valence-electron chi connectivity index (χ2n) is 4.80. The summed E-state index contributed by atoms with van der Waals surface area (Å²) < 4.78 is 0. The van der Waals surface area contributed by atoms with Crippen molar-refractivity contribution in [2.45, 2.75) is 20.3 Å².